The van der Waals surface area contributed by atoms with Crippen molar-refractivity contribution in [3.05, 3.63) is 0 Å². The lowest BCUT2D eigenvalue weighted by Gasteiger charge is -2.16. The number of rotatable bonds is 6. The van der Waals surface area contributed by atoms with Crippen molar-refractivity contribution in [3.8, 4) is 0 Å². The third kappa shape index (κ3) is 4.25. The molecule has 0 bridgehead atoms. The van der Waals surface area contributed by atoms with Crippen LogP contribution in [0.4, 0.5) is 0 Å². The van der Waals surface area contributed by atoms with Crippen LogP contribution in [0.3, 0.4) is 0 Å². The summed E-state index contributed by atoms with van der Waals surface area (Å²) in [6, 6.07) is 0.215. The van der Waals surface area contributed by atoms with Crippen molar-refractivity contribution in [3.63, 3.8) is 0 Å². The molecule has 0 aliphatic carbocycles. The van der Waals surface area contributed by atoms with Gasteiger partial charge in [-0.15, -0.1) is 0 Å². The molecule has 0 aromatic rings. The molecule has 17 heavy (non-hydrogen) atoms. The van der Waals surface area contributed by atoms with Gasteiger partial charge in [0.1, 0.15) is 0 Å². The van der Waals surface area contributed by atoms with Gasteiger partial charge in [0, 0.05) is 19.1 Å². The van der Waals surface area contributed by atoms with Crippen molar-refractivity contribution >= 4 is 16.0 Å². The fourth-order valence-corrected chi connectivity index (χ4v) is 3.26. The van der Waals surface area contributed by atoms with Crippen LogP contribution in [0, 0.1) is 0 Å². The lowest BCUT2D eigenvalue weighted by molar-refractivity contribution is -0.142. The molecule has 1 atom stereocenters. The molecule has 7 heteroatoms. The number of carbonyl (C=O) groups excluding carboxylic acids is 1. The number of carbonyl (C=O) groups is 1. The van der Waals surface area contributed by atoms with E-state index in [2.05, 4.69) is 5.32 Å². The van der Waals surface area contributed by atoms with E-state index in [0.717, 1.165) is 6.42 Å². The van der Waals surface area contributed by atoms with Gasteiger partial charge in [0.25, 0.3) is 0 Å². The van der Waals surface area contributed by atoms with Crippen LogP contribution in [0.15, 0.2) is 0 Å². The van der Waals surface area contributed by atoms with E-state index in [9.17, 15) is 13.2 Å². The maximum atomic E-state index is 11.9. The first-order valence-electron chi connectivity index (χ1n) is 5.80. The third-order valence-electron chi connectivity index (χ3n) is 2.82. The Morgan fingerprint density at radius 2 is 2.24 bits per heavy atom. The van der Waals surface area contributed by atoms with E-state index >= 15 is 0 Å². The molecule has 1 unspecified atom stereocenters. The normalized spacial score (nSPS) is 21.6. The molecule has 0 radical (unpaired) electrons. The number of nitrogens with one attached hydrogen (secondary N) is 1. The van der Waals surface area contributed by atoms with Crippen LogP contribution in [0.5, 0.6) is 0 Å². The average molecular weight is 264 g/mol. The summed E-state index contributed by atoms with van der Waals surface area (Å²) < 4.78 is 29.9. The van der Waals surface area contributed by atoms with Gasteiger partial charge in [0.05, 0.1) is 18.8 Å². The molecule has 1 saturated heterocycles. The van der Waals surface area contributed by atoms with Crippen LogP contribution in [0.1, 0.15) is 19.8 Å². The summed E-state index contributed by atoms with van der Waals surface area (Å²) in [5, 5.41) is 3.05. The van der Waals surface area contributed by atoms with E-state index in [0.29, 0.717) is 13.1 Å². The second-order valence-electron chi connectivity index (χ2n) is 4.00. The lowest BCUT2D eigenvalue weighted by Crippen LogP contribution is -2.35. The van der Waals surface area contributed by atoms with Gasteiger partial charge in [-0.25, -0.2) is 12.7 Å². The van der Waals surface area contributed by atoms with E-state index < -0.39 is 16.0 Å². The Kier molecular flexibility index (Phi) is 5.35. The molecule has 1 rings (SSSR count). The highest BCUT2D eigenvalue weighted by Gasteiger charge is 2.30. The molecule has 100 valence electrons. The van der Waals surface area contributed by atoms with Crippen LogP contribution in [-0.4, -0.2) is 57.2 Å². The molecule has 0 spiro atoms. The first kappa shape index (κ1) is 14.4. The number of hydrogen-bond donors (Lipinski definition) is 1. The molecule has 0 amide bonds. The minimum Gasteiger partial charge on any atom is -0.466 e. The van der Waals surface area contributed by atoms with Gasteiger partial charge >= 0.3 is 5.97 Å². The van der Waals surface area contributed by atoms with E-state index in [1.165, 1.54) is 4.31 Å². The number of esters is 1. The Bertz CT molecular complexity index is 355. The zero-order chi connectivity index (χ0) is 12.9. The van der Waals surface area contributed by atoms with Gasteiger partial charge in [0.2, 0.25) is 10.0 Å². The summed E-state index contributed by atoms with van der Waals surface area (Å²) in [6.07, 6.45) is 0.742. The second kappa shape index (κ2) is 6.32. The largest absolute Gasteiger partial charge is 0.466 e. The van der Waals surface area contributed by atoms with Crippen molar-refractivity contribution in [2.24, 2.45) is 0 Å². The first-order chi connectivity index (χ1) is 7.99. The fraction of sp³-hybridized carbons (Fsp3) is 0.900. The van der Waals surface area contributed by atoms with E-state index in [-0.39, 0.29) is 24.8 Å². The quantitative estimate of drug-likeness (QED) is 0.658. The van der Waals surface area contributed by atoms with Gasteiger partial charge in [-0.05, 0) is 20.4 Å². The van der Waals surface area contributed by atoms with E-state index in [1.54, 1.807) is 6.92 Å². The molecular weight excluding hydrogens is 244 g/mol. The zero-order valence-electron chi connectivity index (χ0n) is 10.3. The molecule has 1 aliphatic rings. The predicted octanol–water partition coefficient (Wildman–Crippen LogP) is -0.437. The van der Waals surface area contributed by atoms with Gasteiger partial charge in [-0.3, -0.25) is 4.79 Å². The molecule has 0 saturated carbocycles. The number of sulfonamides is 1. The maximum Gasteiger partial charge on any atom is 0.306 e. The maximum absolute atomic E-state index is 11.9. The topological polar surface area (TPSA) is 75.7 Å². The third-order valence-corrected chi connectivity index (χ3v) is 4.66. The van der Waals surface area contributed by atoms with Gasteiger partial charge in [-0.2, -0.15) is 0 Å². The van der Waals surface area contributed by atoms with Crippen LogP contribution in [0.25, 0.3) is 0 Å². The van der Waals surface area contributed by atoms with Crippen molar-refractivity contribution < 1.29 is 17.9 Å². The van der Waals surface area contributed by atoms with Crippen molar-refractivity contribution in [1.82, 2.24) is 9.62 Å². The minimum absolute atomic E-state index is 0.0725. The molecule has 0 aromatic carbocycles. The van der Waals surface area contributed by atoms with Gasteiger partial charge in [0.15, 0.2) is 0 Å². The van der Waals surface area contributed by atoms with Crippen LogP contribution in [0.2, 0.25) is 0 Å². The second-order valence-corrected chi connectivity index (χ2v) is 6.09. The van der Waals surface area contributed by atoms with Crippen molar-refractivity contribution in [2.45, 2.75) is 25.8 Å². The molecule has 1 N–H and O–H groups in total. The molecule has 1 heterocycles. The summed E-state index contributed by atoms with van der Waals surface area (Å²) in [5.41, 5.74) is 0. The van der Waals surface area contributed by atoms with Crippen LogP contribution in [-0.2, 0) is 19.6 Å². The van der Waals surface area contributed by atoms with Crippen LogP contribution >= 0.6 is 0 Å². The summed E-state index contributed by atoms with van der Waals surface area (Å²) in [4.78, 5) is 11.1. The van der Waals surface area contributed by atoms with E-state index in [4.69, 9.17) is 4.74 Å². The Morgan fingerprint density at radius 3 is 2.76 bits per heavy atom. The Morgan fingerprint density at radius 1 is 1.53 bits per heavy atom. The van der Waals surface area contributed by atoms with Crippen LogP contribution < -0.4 is 5.32 Å². The molecule has 1 aliphatic heterocycles. The fourth-order valence-electron chi connectivity index (χ4n) is 1.79. The zero-order valence-corrected chi connectivity index (χ0v) is 11.1. The average Bonchev–Trinajstić information content (AvgIpc) is 2.76. The number of likely N-dealkylation sites (N-methyl/N-ethyl adjacent to an activating group) is 1. The number of hydrogen-bond acceptors (Lipinski definition) is 5. The number of ether oxygens (including phenoxy) is 1. The highest BCUT2D eigenvalue weighted by Crippen LogP contribution is 2.14. The molecular formula is C10H20N2O4S. The minimum atomic E-state index is -3.32. The molecule has 6 nitrogen and oxygen atoms in total. The molecule has 1 fully saturated rings. The summed E-state index contributed by atoms with van der Waals surface area (Å²) >= 11 is 0. The van der Waals surface area contributed by atoms with E-state index in [1.807, 2.05) is 7.05 Å². The van der Waals surface area contributed by atoms with Gasteiger partial charge in [-0.1, -0.05) is 0 Å². The van der Waals surface area contributed by atoms with Gasteiger partial charge < -0.3 is 10.1 Å². The highest BCUT2D eigenvalue weighted by atomic mass is 32.2. The lowest BCUT2D eigenvalue weighted by atomic mass is 10.3. The Labute approximate surface area is 102 Å². The summed E-state index contributed by atoms with van der Waals surface area (Å²) in [5.74, 6) is -0.622. The molecule has 0 aromatic heterocycles. The number of nitrogens with zero attached hydrogens (tertiary/aromatic N) is 1. The summed E-state index contributed by atoms with van der Waals surface area (Å²) in [7, 11) is -1.51. The Hall–Kier alpha value is -0.660. The monoisotopic (exact) mass is 264 g/mol. The predicted molar refractivity (Wildman–Crippen MR) is 64.1 cm³/mol. The smallest absolute Gasteiger partial charge is 0.306 e. The SMILES string of the molecule is CCOC(=O)CCS(=O)(=O)N1CCC(NC)C1. The highest BCUT2D eigenvalue weighted by molar-refractivity contribution is 7.89. The standard InChI is InChI=1S/C10H20N2O4S/c1-3-16-10(13)5-7-17(14,15)12-6-4-9(8-12)11-2/h9,11H,3-8H2,1-2H3. The summed E-state index contributed by atoms with van der Waals surface area (Å²) in [6.45, 7) is 2.99. The Balaban J connectivity index is 2.44. The van der Waals surface area contributed by atoms with Crippen molar-refractivity contribution in [1.29, 1.82) is 0 Å². The van der Waals surface area contributed by atoms with Crippen molar-refractivity contribution in [2.75, 3.05) is 32.5 Å². The first-order valence-corrected chi connectivity index (χ1v) is 7.41.